The number of pyridine rings is 1. The van der Waals surface area contributed by atoms with E-state index in [4.69, 9.17) is 4.74 Å². The van der Waals surface area contributed by atoms with Gasteiger partial charge in [-0.15, -0.1) is 0 Å². The SMILES string of the molecule is Cc1ccc2cccc(OCc3ccc(S(=O)(=O)Cc4ccccc4)cc3)c2n1. The van der Waals surface area contributed by atoms with Gasteiger partial charge in [0.2, 0.25) is 0 Å². The second kappa shape index (κ2) is 8.05. The van der Waals surface area contributed by atoms with Gasteiger partial charge < -0.3 is 4.74 Å². The Morgan fingerprint density at radius 1 is 0.793 bits per heavy atom. The summed E-state index contributed by atoms with van der Waals surface area (Å²) in [6, 6.07) is 25.9. The van der Waals surface area contributed by atoms with Crippen LogP contribution in [-0.4, -0.2) is 13.4 Å². The number of aromatic nitrogens is 1. The quantitative estimate of drug-likeness (QED) is 0.450. The molecule has 0 saturated carbocycles. The molecule has 0 saturated heterocycles. The van der Waals surface area contributed by atoms with E-state index in [2.05, 4.69) is 4.98 Å². The Bertz CT molecular complexity index is 1230. The topological polar surface area (TPSA) is 56.3 Å². The largest absolute Gasteiger partial charge is 0.487 e. The summed E-state index contributed by atoms with van der Waals surface area (Å²) in [5.74, 6) is 0.706. The Morgan fingerprint density at radius 3 is 2.31 bits per heavy atom. The summed E-state index contributed by atoms with van der Waals surface area (Å²) in [7, 11) is -3.38. The first-order valence-electron chi connectivity index (χ1n) is 9.36. The Hall–Kier alpha value is -3.18. The minimum atomic E-state index is -3.38. The molecule has 0 aliphatic rings. The number of rotatable bonds is 6. The molecular formula is C24H21NO3S. The number of nitrogens with zero attached hydrogens (tertiary/aromatic N) is 1. The molecule has 0 aliphatic carbocycles. The zero-order valence-corrected chi connectivity index (χ0v) is 16.9. The van der Waals surface area contributed by atoms with Gasteiger partial charge in [-0.2, -0.15) is 0 Å². The van der Waals surface area contributed by atoms with Crippen molar-refractivity contribution in [1.29, 1.82) is 0 Å². The maximum atomic E-state index is 12.6. The Labute approximate surface area is 170 Å². The Kier molecular flexibility index (Phi) is 5.32. The molecule has 0 unspecified atom stereocenters. The van der Waals surface area contributed by atoms with Crippen LogP contribution in [-0.2, 0) is 22.2 Å². The van der Waals surface area contributed by atoms with E-state index in [1.807, 2.05) is 67.6 Å². The summed E-state index contributed by atoms with van der Waals surface area (Å²) >= 11 is 0. The van der Waals surface area contributed by atoms with Gasteiger partial charge in [0.1, 0.15) is 17.9 Å². The molecule has 4 nitrogen and oxygen atoms in total. The molecule has 4 aromatic rings. The second-order valence-corrected chi connectivity index (χ2v) is 8.95. The molecule has 0 fully saturated rings. The number of fused-ring (bicyclic) bond motifs is 1. The van der Waals surface area contributed by atoms with Gasteiger partial charge in [0.05, 0.1) is 10.6 Å². The van der Waals surface area contributed by atoms with Crippen LogP contribution in [0, 0.1) is 6.92 Å². The second-order valence-electron chi connectivity index (χ2n) is 6.96. The van der Waals surface area contributed by atoms with Crippen LogP contribution >= 0.6 is 0 Å². The van der Waals surface area contributed by atoms with E-state index in [0.29, 0.717) is 17.3 Å². The van der Waals surface area contributed by atoms with Crippen LogP contribution in [0.25, 0.3) is 10.9 Å². The van der Waals surface area contributed by atoms with E-state index in [0.717, 1.165) is 27.7 Å². The van der Waals surface area contributed by atoms with Crippen molar-refractivity contribution in [3.05, 3.63) is 102 Å². The third kappa shape index (κ3) is 4.46. The van der Waals surface area contributed by atoms with Crippen molar-refractivity contribution < 1.29 is 13.2 Å². The van der Waals surface area contributed by atoms with Crippen molar-refractivity contribution in [3.8, 4) is 5.75 Å². The Morgan fingerprint density at radius 2 is 1.55 bits per heavy atom. The van der Waals surface area contributed by atoms with E-state index in [1.54, 1.807) is 24.3 Å². The normalized spacial score (nSPS) is 11.5. The van der Waals surface area contributed by atoms with Crippen LogP contribution in [0.3, 0.4) is 0 Å². The average Bonchev–Trinajstić information content (AvgIpc) is 2.73. The van der Waals surface area contributed by atoms with Gasteiger partial charge in [-0.1, -0.05) is 60.7 Å². The van der Waals surface area contributed by atoms with Gasteiger partial charge in [-0.3, -0.25) is 0 Å². The monoisotopic (exact) mass is 403 g/mol. The van der Waals surface area contributed by atoms with Crippen molar-refractivity contribution in [2.75, 3.05) is 0 Å². The molecular weight excluding hydrogens is 382 g/mol. The lowest BCUT2D eigenvalue weighted by atomic mass is 10.2. The van der Waals surface area contributed by atoms with Crippen LogP contribution in [0.15, 0.2) is 89.8 Å². The molecule has 0 spiro atoms. The number of aryl methyl sites for hydroxylation is 1. The van der Waals surface area contributed by atoms with Gasteiger partial charge in [0, 0.05) is 11.1 Å². The highest BCUT2D eigenvalue weighted by Gasteiger charge is 2.15. The van der Waals surface area contributed by atoms with E-state index in [9.17, 15) is 8.42 Å². The molecule has 146 valence electrons. The molecule has 0 radical (unpaired) electrons. The number of benzene rings is 3. The highest BCUT2D eigenvalue weighted by atomic mass is 32.2. The lowest BCUT2D eigenvalue weighted by molar-refractivity contribution is 0.309. The minimum absolute atomic E-state index is 0.00921. The van der Waals surface area contributed by atoms with Crippen LogP contribution in [0.4, 0.5) is 0 Å². The molecule has 0 bridgehead atoms. The fourth-order valence-electron chi connectivity index (χ4n) is 3.16. The molecule has 3 aromatic carbocycles. The zero-order chi connectivity index (χ0) is 20.3. The van der Waals surface area contributed by atoms with E-state index in [1.165, 1.54) is 0 Å². The molecule has 0 atom stereocenters. The highest BCUT2D eigenvalue weighted by Crippen LogP contribution is 2.25. The summed E-state index contributed by atoms with van der Waals surface area (Å²) in [6.45, 7) is 2.29. The van der Waals surface area contributed by atoms with E-state index in [-0.39, 0.29) is 5.75 Å². The maximum Gasteiger partial charge on any atom is 0.182 e. The van der Waals surface area contributed by atoms with Gasteiger partial charge in [-0.25, -0.2) is 13.4 Å². The number of sulfone groups is 1. The molecule has 4 rings (SSSR count). The third-order valence-electron chi connectivity index (χ3n) is 4.70. The summed E-state index contributed by atoms with van der Waals surface area (Å²) in [5, 5.41) is 1.02. The van der Waals surface area contributed by atoms with Crippen LogP contribution in [0.2, 0.25) is 0 Å². The number of hydrogen-bond acceptors (Lipinski definition) is 4. The molecule has 1 aromatic heterocycles. The lowest BCUT2D eigenvalue weighted by Crippen LogP contribution is -2.05. The first kappa shape index (κ1) is 19.2. The van der Waals surface area contributed by atoms with Crippen molar-refractivity contribution in [2.45, 2.75) is 24.2 Å². The zero-order valence-electron chi connectivity index (χ0n) is 16.1. The Balaban J connectivity index is 1.48. The van der Waals surface area contributed by atoms with Gasteiger partial charge in [0.15, 0.2) is 9.84 Å². The van der Waals surface area contributed by atoms with Crippen LogP contribution in [0.1, 0.15) is 16.8 Å². The average molecular weight is 404 g/mol. The summed E-state index contributed by atoms with van der Waals surface area (Å²) < 4.78 is 31.2. The van der Waals surface area contributed by atoms with Gasteiger partial charge >= 0.3 is 0 Å². The van der Waals surface area contributed by atoms with Crippen molar-refractivity contribution in [1.82, 2.24) is 4.98 Å². The number of para-hydroxylation sites is 1. The standard InChI is InChI=1S/C24H21NO3S/c1-18-10-13-21-8-5-9-23(24(21)25-18)28-16-19-11-14-22(15-12-19)29(26,27)17-20-6-3-2-4-7-20/h2-15H,16-17H2,1H3. The molecule has 0 N–H and O–H groups in total. The smallest absolute Gasteiger partial charge is 0.182 e. The highest BCUT2D eigenvalue weighted by molar-refractivity contribution is 7.90. The molecule has 0 aliphatic heterocycles. The first-order valence-corrected chi connectivity index (χ1v) is 11.0. The molecule has 0 amide bonds. The van der Waals surface area contributed by atoms with E-state index >= 15 is 0 Å². The van der Waals surface area contributed by atoms with Crippen LogP contribution < -0.4 is 4.74 Å². The summed E-state index contributed by atoms with van der Waals surface area (Å²) in [4.78, 5) is 4.88. The first-order chi connectivity index (χ1) is 14.0. The summed E-state index contributed by atoms with van der Waals surface area (Å²) in [6.07, 6.45) is 0. The summed E-state index contributed by atoms with van der Waals surface area (Å²) in [5.41, 5.74) is 3.43. The fourth-order valence-corrected chi connectivity index (χ4v) is 4.51. The number of hydrogen-bond donors (Lipinski definition) is 0. The van der Waals surface area contributed by atoms with Crippen molar-refractivity contribution >= 4 is 20.7 Å². The molecule has 1 heterocycles. The van der Waals surface area contributed by atoms with Crippen molar-refractivity contribution in [3.63, 3.8) is 0 Å². The lowest BCUT2D eigenvalue weighted by Gasteiger charge is -2.10. The van der Waals surface area contributed by atoms with Gasteiger partial charge in [-0.05, 0) is 42.3 Å². The van der Waals surface area contributed by atoms with Crippen LogP contribution in [0.5, 0.6) is 5.75 Å². The molecule has 29 heavy (non-hydrogen) atoms. The fraction of sp³-hybridized carbons (Fsp3) is 0.125. The molecule has 5 heteroatoms. The predicted molar refractivity (Wildman–Crippen MR) is 115 cm³/mol. The number of ether oxygens (including phenoxy) is 1. The van der Waals surface area contributed by atoms with Gasteiger partial charge in [0.25, 0.3) is 0 Å². The van der Waals surface area contributed by atoms with E-state index < -0.39 is 9.84 Å². The predicted octanol–water partition coefficient (Wildman–Crippen LogP) is 5.10. The maximum absolute atomic E-state index is 12.6. The van der Waals surface area contributed by atoms with Crippen molar-refractivity contribution in [2.24, 2.45) is 0 Å². The minimum Gasteiger partial charge on any atom is -0.487 e. The third-order valence-corrected chi connectivity index (χ3v) is 6.40.